The van der Waals surface area contributed by atoms with E-state index in [2.05, 4.69) is 20.8 Å². The Balaban J connectivity index is 1.38. The van der Waals surface area contributed by atoms with Gasteiger partial charge in [-0.2, -0.15) is 0 Å². The normalized spacial score (nSPS) is 10.9. The second kappa shape index (κ2) is 6.33. The lowest BCUT2D eigenvalue weighted by atomic mass is 10.2. The molecule has 0 bridgehead atoms. The number of aromatic nitrogens is 3. The van der Waals surface area contributed by atoms with Gasteiger partial charge >= 0.3 is 0 Å². The third kappa shape index (κ3) is 3.20. The van der Waals surface area contributed by atoms with Crippen molar-refractivity contribution in [2.45, 2.75) is 6.42 Å². The highest BCUT2D eigenvalue weighted by atomic mass is 32.1. The average molecular weight is 351 g/mol. The van der Waals surface area contributed by atoms with Crippen LogP contribution < -0.4 is 10.9 Å². The van der Waals surface area contributed by atoms with Crippen LogP contribution in [-0.4, -0.2) is 26.2 Å². The molecule has 0 spiro atoms. The van der Waals surface area contributed by atoms with E-state index in [0.717, 1.165) is 15.9 Å². The number of carbonyl (C=O) groups is 2. The van der Waals surface area contributed by atoms with E-state index in [1.54, 1.807) is 12.3 Å². The van der Waals surface area contributed by atoms with Crippen molar-refractivity contribution >= 4 is 39.0 Å². The first-order valence-electron chi connectivity index (χ1n) is 7.55. The molecule has 4 aromatic rings. The molecule has 0 aliphatic heterocycles. The first kappa shape index (κ1) is 15.3. The molecular weight excluding hydrogens is 338 g/mol. The molecule has 2 N–H and O–H groups in total. The van der Waals surface area contributed by atoms with E-state index in [1.807, 2.05) is 46.3 Å². The van der Waals surface area contributed by atoms with E-state index < -0.39 is 5.91 Å². The molecule has 124 valence electrons. The second-order valence-electron chi connectivity index (χ2n) is 5.39. The number of nitrogens with one attached hydrogen (secondary N) is 2. The summed E-state index contributed by atoms with van der Waals surface area (Å²) in [5.74, 6) is -0.815. The fourth-order valence-corrected chi connectivity index (χ4v) is 3.17. The van der Waals surface area contributed by atoms with E-state index in [4.69, 9.17) is 0 Å². The van der Waals surface area contributed by atoms with Gasteiger partial charge in [-0.15, -0.1) is 11.3 Å². The quantitative estimate of drug-likeness (QED) is 0.552. The predicted octanol–water partition coefficient (Wildman–Crippen LogP) is 1.95. The molecule has 0 fully saturated rings. The number of benzene rings is 1. The minimum absolute atomic E-state index is 0.0832. The SMILES string of the molecule is O=C(Cc1cn2ccsc2n1)NNC(=O)c1ccc2ccccc2n1. The number of pyridine rings is 1. The van der Waals surface area contributed by atoms with Crippen LogP contribution in [0.15, 0.2) is 54.2 Å². The van der Waals surface area contributed by atoms with Gasteiger partial charge in [-0.3, -0.25) is 24.8 Å². The highest BCUT2D eigenvalue weighted by Crippen LogP contribution is 2.12. The lowest BCUT2D eigenvalue weighted by Crippen LogP contribution is -2.42. The van der Waals surface area contributed by atoms with E-state index in [-0.39, 0.29) is 18.0 Å². The van der Waals surface area contributed by atoms with Crippen LogP contribution >= 0.6 is 11.3 Å². The summed E-state index contributed by atoms with van der Waals surface area (Å²) in [6.45, 7) is 0. The Labute approximate surface area is 146 Å². The summed E-state index contributed by atoms with van der Waals surface area (Å²) < 4.78 is 1.85. The van der Waals surface area contributed by atoms with Crippen LogP contribution in [0.25, 0.3) is 15.9 Å². The van der Waals surface area contributed by atoms with Gasteiger partial charge in [-0.05, 0) is 12.1 Å². The minimum atomic E-state index is -0.468. The van der Waals surface area contributed by atoms with Gasteiger partial charge in [0, 0.05) is 23.2 Å². The first-order chi connectivity index (χ1) is 12.2. The standard InChI is InChI=1S/C17H13N5O2S/c23-15(9-12-10-22-7-8-25-17(22)18-12)20-21-16(24)14-6-5-11-3-1-2-4-13(11)19-14/h1-8,10H,9H2,(H,20,23)(H,21,24). The number of para-hydroxylation sites is 1. The van der Waals surface area contributed by atoms with Crippen LogP contribution in [0.5, 0.6) is 0 Å². The third-order valence-corrected chi connectivity index (χ3v) is 4.40. The van der Waals surface area contributed by atoms with Gasteiger partial charge in [0.05, 0.1) is 17.6 Å². The number of hydrogen-bond acceptors (Lipinski definition) is 5. The number of hydrazine groups is 1. The van der Waals surface area contributed by atoms with Crippen molar-refractivity contribution < 1.29 is 9.59 Å². The van der Waals surface area contributed by atoms with Crippen molar-refractivity contribution in [2.75, 3.05) is 0 Å². The molecule has 3 aromatic heterocycles. The van der Waals surface area contributed by atoms with Crippen molar-refractivity contribution in [1.29, 1.82) is 0 Å². The number of amides is 2. The Hall–Kier alpha value is -3.26. The van der Waals surface area contributed by atoms with Gasteiger partial charge in [-0.1, -0.05) is 24.3 Å². The molecule has 8 heteroatoms. The second-order valence-corrected chi connectivity index (χ2v) is 6.27. The minimum Gasteiger partial charge on any atom is -0.297 e. The molecule has 0 radical (unpaired) electrons. The van der Waals surface area contributed by atoms with Gasteiger partial charge < -0.3 is 0 Å². The predicted molar refractivity (Wildman–Crippen MR) is 94.1 cm³/mol. The molecular formula is C17H13N5O2S. The van der Waals surface area contributed by atoms with Crippen LogP contribution in [0.4, 0.5) is 0 Å². The van der Waals surface area contributed by atoms with Crippen LogP contribution in [0.3, 0.4) is 0 Å². The Kier molecular flexibility index (Phi) is 3.87. The molecule has 4 rings (SSSR count). The van der Waals surface area contributed by atoms with Crippen LogP contribution in [-0.2, 0) is 11.2 Å². The molecule has 0 aliphatic carbocycles. The topological polar surface area (TPSA) is 88.4 Å². The number of nitrogens with zero attached hydrogens (tertiary/aromatic N) is 3. The highest BCUT2D eigenvalue weighted by Gasteiger charge is 2.11. The Bertz CT molecular complexity index is 1060. The Morgan fingerprint density at radius 1 is 1.08 bits per heavy atom. The number of rotatable bonds is 3. The van der Waals surface area contributed by atoms with Gasteiger partial charge in [0.1, 0.15) is 5.69 Å². The van der Waals surface area contributed by atoms with Crippen molar-refractivity contribution in [3.05, 3.63) is 65.6 Å². The maximum Gasteiger partial charge on any atom is 0.288 e. The number of thiazole rings is 1. The third-order valence-electron chi connectivity index (χ3n) is 3.63. The maximum atomic E-state index is 12.1. The Morgan fingerprint density at radius 2 is 1.96 bits per heavy atom. The summed E-state index contributed by atoms with van der Waals surface area (Å²) in [5.41, 5.74) is 6.37. The highest BCUT2D eigenvalue weighted by molar-refractivity contribution is 7.15. The summed E-state index contributed by atoms with van der Waals surface area (Å²) in [6, 6.07) is 10.9. The maximum absolute atomic E-state index is 12.1. The van der Waals surface area contributed by atoms with Gasteiger partial charge in [0.15, 0.2) is 4.96 Å². The van der Waals surface area contributed by atoms with Gasteiger partial charge in [-0.25, -0.2) is 9.97 Å². The summed E-state index contributed by atoms with van der Waals surface area (Å²) in [7, 11) is 0. The molecule has 0 unspecified atom stereocenters. The first-order valence-corrected chi connectivity index (χ1v) is 8.43. The number of hydrogen-bond donors (Lipinski definition) is 2. The zero-order valence-corrected chi connectivity index (χ0v) is 13.8. The molecule has 0 aliphatic rings. The molecule has 0 saturated carbocycles. The fraction of sp³-hybridized carbons (Fsp3) is 0.0588. The lowest BCUT2D eigenvalue weighted by molar-refractivity contribution is -0.121. The van der Waals surface area contributed by atoms with E-state index >= 15 is 0 Å². The van der Waals surface area contributed by atoms with Crippen molar-refractivity contribution in [3.8, 4) is 0 Å². The van der Waals surface area contributed by atoms with E-state index in [1.165, 1.54) is 11.3 Å². The number of fused-ring (bicyclic) bond motifs is 2. The summed E-state index contributed by atoms with van der Waals surface area (Å²) in [4.78, 5) is 33.5. The van der Waals surface area contributed by atoms with Crippen LogP contribution in [0.2, 0.25) is 0 Å². The van der Waals surface area contributed by atoms with Crippen LogP contribution in [0, 0.1) is 0 Å². The van der Waals surface area contributed by atoms with Crippen molar-refractivity contribution in [2.24, 2.45) is 0 Å². The summed E-state index contributed by atoms with van der Waals surface area (Å²) in [6.07, 6.45) is 3.75. The molecule has 0 atom stereocenters. The molecule has 1 aromatic carbocycles. The summed E-state index contributed by atoms with van der Waals surface area (Å²) >= 11 is 1.49. The molecule has 7 nitrogen and oxygen atoms in total. The van der Waals surface area contributed by atoms with Gasteiger partial charge in [0.25, 0.3) is 5.91 Å². The Morgan fingerprint density at radius 3 is 2.84 bits per heavy atom. The van der Waals surface area contributed by atoms with Gasteiger partial charge in [0.2, 0.25) is 5.91 Å². The smallest absolute Gasteiger partial charge is 0.288 e. The molecule has 25 heavy (non-hydrogen) atoms. The number of imidazole rings is 1. The van der Waals surface area contributed by atoms with E-state index in [0.29, 0.717) is 5.69 Å². The molecule has 2 amide bonds. The summed E-state index contributed by atoms with van der Waals surface area (Å²) in [5, 5.41) is 2.87. The monoisotopic (exact) mass is 351 g/mol. The van der Waals surface area contributed by atoms with Crippen molar-refractivity contribution in [1.82, 2.24) is 25.2 Å². The van der Waals surface area contributed by atoms with Crippen LogP contribution in [0.1, 0.15) is 16.2 Å². The molecule has 0 saturated heterocycles. The van der Waals surface area contributed by atoms with Crippen molar-refractivity contribution in [3.63, 3.8) is 0 Å². The zero-order valence-electron chi connectivity index (χ0n) is 13.0. The van der Waals surface area contributed by atoms with E-state index in [9.17, 15) is 9.59 Å². The largest absolute Gasteiger partial charge is 0.297 e. The zero-order chi connectivity index (χ0) is 17.2. The number of carbonyl (C=O) groups excluding carboxylic acids is 2. The fourth-order valence-electron chi connectivity index (χ4n) is 2.45. The lowest BCUT2D eigenvalue weighted by Gasteiger charge is -2.06. The molecule has 3 heterocycles. The average Bonchev–Trinajstić information content (AvgIpc) is 3.20.